The number of carboxylic acid groups (broad SMARTS) is 1. The van der Waals surface area contributed by atoms with Crippen molar-refractivity contribution in [3.8, 4) is 5.75 Å². The Morgan fingerprint density at radius 2 is 2.08 bits per heavy atom. The number of likely N-dealkylation sites (tertiary alicyclic amines) is 1. The van der Waals surface area contributed by atoms with Crippen LogP contribution in [0, 0.1) is 5.92 Å². The molecule has 4 nitrogen and oxygen atoms in total. The van der Waals surface area contributed by atoms with Crippen LogP contribution in [0.1, 0.15) is 44.6 Å². The average Bonchev–Trinajstić information content (AvgIpc) is 2.67. The van der Waals surface area contributed by atoms with Gasteiger partial charge in [-0.1, -0.05) is 50.1 Å². The predicted octanol–water partition coefficient (Wildman–Crippen LogP) is 4.71. The fourth-order valence-electron chi connectivity index (χ4n) is 3.77. The molecular formula is C22H29NO3. The van der Waals surface area contributed by atoms with E-state index in [9.17, 15) is 9.90 Å². The van der Waals surface area contributed by atoms with Gasteiger partial charge in [0.2, 0.25) is 0 Å². The van der Waals surface area contributed by atoms with Gasteiger partial charge in [-0.25, -0.2) is 0 Å². The Morgan fingerprint density at radius 1 is 1.23 bits per heavy atom. The largest absolute Gasteiger partial charge is 0.493 e. The van der Waals surface area contributed by atoms with Gasteiger partial charge in [0.05, 0.1) is 12.5 Å². The van der Waals surface area contributed by atoms with Gasteiger partial charge in [-0.05, 0) is 42.6 Å². The summed E-state index contributed by atoms with van der Waals surface area (Å²) >= 11 is 0. The average molecular weight is 355 g/mol. The minimum absolute atomic E-state index is 0.257. The van der Waals surface area contributed by atoms with Crippen molar-refractivity contribution in [1.29, 1.82) is 0 Å². The van der Waals surface area contributed by atoms with Crippen LogP contribution in [0.4, 0.5) is 0 Å². The standard InChI is InChI=1S/C22H29NO3/c1-2-3-6-14-26-21-12-11-17-8-4-5-10-19(17)20(21)16-23-13-7-9-18(15-23)22(24)25/h4-5,8,10-12,18H,2-3,6-7,9,13-16H2,1H3,(H,24,25). The van der Waals surface area contributed by atoms with Crippen molar-refractivity contribution in [2.24, 2.45) is 5.92 Å². The molecule has 26 heavy (non-hydrogen) atoms. The van der Waals surface area contributed by atoms with Crippen molar-refractivity contribution in [2.45, 2.75) is 45.6 Å². The number of nitrogens with zero attached hydrogens (tertiary/aromatic N) is 1. The summed E-state index contributed by atoms with van der Waals surface area (Å²) in [6, 6.07) is 12.6. The van der Waals surface area contributed by atoms with Crippen LogP contribution in [-0.4, -0.2) is 35.7 Å². The van der Waals surface area contributed by atoms with Crippen molar-refractivity contribution < 1.29 is 14.6 Å². The van der Waals surface area contributed by atoms with Crippen LogP contribution in [0.2, 0.25) is 0 Å². The zero-order chi connectivity index (χ0) is 18.4. The Morgan fingerprint density at radius 3 is 2.88 bits per heavy atom. The van der Waals surface area contributed by atoms with Crippen LogP contribution < -0.4 is 4.74 Å². The zero-order valence-corrected chi connectivity index (χ0v) is 15.6. The molecule has 1 unspecified atom stereocenters. The van der Waals surface area contributed by atoms with Crippen molar-refractivity contribution in [2.75, 3.05) is 19.7 Å². The summed E-state index contributed by atoms with van der Waals surface area (Å²) in [6.45, 7) is 5.23. The lowest BCUT2D eigenvalue weighted by atomic mass is 9.96. The van der Waals surface area contributed by atoms with Crippen molar-refractivity contribution in [3.63, 3.8) is 0 Å². The lowest BCUT2D eigenvalue weighted by Gasteiger charge is -2.31. The van der Waals surface area contributed by atoms with Gasteiger partial charge >= 0.3 is 5.97 Å². The summed E-state index contributed by atoms with van der Waals surface area (Å²) in [4.78, 5) is 13.7. The number of fused-ring (bicyclic) bond motifs is 1. The highest BCUT2D eigenvalue weighted by Gasteiger charge is 2.26. The molecule has 0 saturated carbocycles. The Labute approximate surface area is 155 Å². The fraction of sp³-hybridized carbons (Fsp3) is 0.500. The molecule has 140 valence electrons. The molecule has 1 fully saturated rings. The molecule has 1 saturated heterocycles. The number of carbonyl (C=O) groups is 1. The van der Waals surface area contributed by atoms with Crippen LogP contribution in [0.3, 0.4) is 0 Å². The molecule has 0 radical (unpaired) electrons. The van der Waals surface area contributed by atoms with Crippen molar-refractivity contribution in [3.05, 3.63) is 42.0 Å². The van der Waals surface area contributed by atoms with Gasteiger partial charge in [0, 0.05) is 18.7 Å². The van der Waals surface area contributed by atoms with Gasteiger partial charge in [-0.15, -0.1) is 0 Å². The molecule has 1 heterocycles. The molecule has 0 spiro atoms. The number of hydrogen-bond acceptors (Lipinski definition) is 3. The molecule has 1 N–H and O–H groups in total. The van der Waals surface area contributed by atoms with Crippen LogP contribution in [0.5, 0.6) is 5.75 Å². The second-order valence-corrected chi connectivity index (χ2v) is 7.23. The Kier molecular flexibility index (Phi) is 6.51. The number of hydrogen-bond donors (Lipinski definition) is 1. The van der Waals surface area contributed by atoms with Crippen LogP contribution in [0.25, 0.3) is 10.8 Å². The lowest BCUT2D eigenvalue weighted by Crippen LogP contribution is -2.38. The molecule has 4 heteroatoms. The smallest absolute Gasteiger partial charge is 0.307 e. The van der Waals surface area contributed by atoms with Gasteiger partial charge in [0.15, 0.2) is 0 Å². The first-order valence-electron chi connectivity index (χ1n) is 9.77. The van der Waals surface area contributed by atoms with Gasteiger partial charge in [0.25, 0.3) is 0 Å². The molecule has 1 atom stereocenters. The maximum Gasteiger partial charge on any atom is 0.307 e. The molecule has 3 rings (SSSR count). The fourth-order valence-corrected chi connectivity index (χ4v) is 3.77. The first-order chi connectivity index (χ1) is 12.7. The lowest BCUT2D eigenvalue weighted by molar-refractivity contribution is -0.143. The van der Waals surface area contributed by atoms with Crippen molar-refractivity contribution >= 4 is 16.7 Å². The molecule has 2 aromatic carbocycles. The monoisotopic (exact) mass is 355 g/mol. The van der Waals surface area contributed by atoms with E-state index >= 15 is 0 Å². The minimum Gasteiger partial charge on any atom is -0.493 e. The first-order valence-corrected chi connectivity index (χ1v) is 9.77. The summed E-state index contributed by atoms with van der Waals surface area (Å²) in [5.41, 5.74) is 1.19. The van der Waals surface area contributed by atoms with E-state index < -0.39 is 5.97 Å². The normalized spacial score (nSPS) is 18.1. The molecular weight excluding hydrogens is 326 g/mol. The van der Waals surface area contributed by atoms with Crippen molar-refractivity contribution in [1.82, 2.24) is 4.90 Å². The predicted molar refractivity (Wildman–Crippen MR) is 105 cm³/mol. The highest BCUT2D eigenvalue weighted by atomic mass is 16.5. The van der Waals surface area contributed by atoms with E-state index in [1.165, 1.54) is 29.2 Å². The third-order valence-electron chi connectivity index (χ3n) is 5.24. The van der Waals surface area contributed by atoms with E-state index in [1.807, 2.05) is 0 Å². The van der Waals surface area contributed by atoms with E-state index in [1.54, 1.807) is 0 Å². The van der Waals surface area contributed by atoms with Gasteiger partial charge < -0.3 is 9.84 Å². The summed E-state index contributed by atoms with van der Waals surface area (Å²) in [6.07, 6.45) is 5.14. The number of carboxylic acids is 1. The maximum atomic E-state index is 11.4. The molecule has 0 amide bonds. The Balaban J connectivity index is 1.82. The highest BCUT2D eigenvalue weighted by Crippen LogP contribution is 2.31. The molecule has 0 aromatic heterocycles. The summed E-state index contributed by atoms with van der Waals surface area (Å²) < 4.78 is 6.12. The van der Waals surface area contributed by atoms with Crippen LogP contribution in [0.15, 0.2) is 36.4 Å². The highest BCUT2D eigenvalue weighted by molar-refractivity contribution is 5.87. The number of rotatable bonds is 8. The van der Waals surface area contributed by atoms with Crippen LogP contribution in [-0.2, 0) is 11.3 Å². The molecule has 1 aliphatic rings. The summed E-state index contributed by atoms with van der Waals surface area (Å²) in [5.74, 6) is 0.00793. The third-order valence-corrected chi connectivity index (χ3v) is 5.24. The van der Waals surface area contributed by atoms with E-state index in [0.717, 1.165) is 44.7 Å². The van der Waals surface area contributed by atoms with Gasteiger partial charge in [0.1, 0.15) is 5.75 Å². The summed E-state index contributed by atoms with van der Waals surface area (Å²) in [5, 5.41) is 11.8. The first kappa shape index (κ1) is 18.7. The number of benzene rings is 2. The summed E-state index contributed by atoms with van der Waals surface area (Å²) in [7, 11) is 0. The Bertz CT molecular complexity index is 743. The quantitative estimate of drug-likeness (QED) is 0.697. The number of ether oxygens (including phenoxy) is 1. The van der Waals surface area contributed by atoms with E-state index in [-0.39, 0.29) is 5.92 Å². The second kappa shape index (κ2) is 9.04. The topological polar surface area (TPSA) is 49.8 Å². The number of unbranched alkanes of at least 4 members (excludes halogenated alkanes) is 2. The minimum atomic E-state index is -0.677. The van der Waals surface area contributed by atoms with E-state index in [4.69, 9.17) is 4.74 Å². The zero-order valence-electron chi connectivity index (χ0n) is 15.6. The Hall–Kier alpha value is -2.07. The van der Waals surface area contributed by atoms with Gasteiger partial charge in [-0.2, -0.15) is 0 Å². The van der Waals surface area contributed by atoms with E-state index in [2.05, 4.69) is 48.2 Å². The number of piperidine rings is 1. The molecule has 1 aliphatic heterocycles. The second-order valence-electron chi connectivity index (χ2n) is 7.23. The third kappa shape index (κ3) is 4.55. The van der Waals surface area contributed by atoms with Crippen LogP contribution >= 0.6 is 0 Å². The SMILES string of the molecule is CCCCCOc1ccc2ccccc2c1CN1CCCC(C(=O)O)C1. The maximum absolute atomic E-state index is 11.4. The van der Waals surface area contributed by atoms with E-state index in [0.29, 0.717) is 6.54 Å². The number of aliphatic carboxylic acids is 1. The molecule has 0 bridgehead atoms. The molecule has 2 aromatic rings. The van der Waals surface area contributed by atoms with Gasteiger partial charge in [-0.3, -0.25) is 9.69 Å². The molecule has 0 aliphatic carbocycles.